The lowest BCUT2D eigenvalue weighted by Gasteiger charge is -2.22. The molecule has 0 fully saturated rings. The molecule has 4 aromatic rings. The second-order valence-corrected chi connectivity index (χ2v) is 9.44. The summed E-state index contributed by atoms with van der Waals surface area (Å²) >= 11 is 6.14. The Morgan fingerprint density at radius 2 is 1.79 bits per heavy atom. The number of aryl methyl sites for hydroxylation is 1. The summed E-state index contributed by atoms with van der Waals surface area (Å²) in [4.78, 5) is 13.2. The van der Waals surface area contributed by atoms with Crippen LogP contribution in [-0.4, -0.2) is 33.2 Å². The highest BCUT2D eigenvalue weighted by Crippen LogP contribution is 2.40. The van der Waals surface area contributed by atoms with Crippen molar-refractivity contribution in [1.29, 1.82) is 0 Å². The quantitative estimate of drug-likeness (QED) is 0.375. The molecule has 6 nitrogen and oxygen atoms in total. The highest BCUT2D eigenvalue weighted by atomic mass is 35.5. The van der Waals surface area contributed by atoms with Crippen LogP contribution in [0.3, 0.4) is 0 Å². The van der Waals surface area contributed by atoms with Gasteiger partial charge in [0.2, 0.25) is 0 Å². The summed E-state index contributed by atoms with van der Waals surface area (Å²) in [6.45, 7) is 6.19. The number of phenolic OH excluding ortho intramolecular Hbond substituents is 1. The van der Waals surface area contributed by atoms with E-state index in [1.54, 1.807) is 16.9 Å². The van der Waals surface area contributed by atoms with Gasteiger partial charge in [0.1, 0.15) is 16.8 Å². The molecule has 0 aliphatic rings. The lowest BCUT2D eigenvalue weighted by Crippen LogP contribution is -2.11. The van der Waals surface area contributed by atoms with Gasteiger partial charge >= 0.3 is 5.97 Å². The normalized spacial score (nSPS) is 11.7. The zero-order valence-electron chi connectivity index (χ0n) is 19.1. The molecule has 0 radical (unpaired) electrons. The van der Waals surface area contributed by atoms with Crippen molar-refractivity contribution in [3.8, 4) is 22.6 Å². The van der Waals surface area contributed by atoms with E-state index in [9.17, 15) is 9.90 Å². The highest BCUT2D eigenvalue weighted by molar-refractivity contribution is 6.31. The van der Waals surface area contributed by atoms with Gasteiger partial charge in [-0.1, -0.05) is 62.7 Å². The van der Waals surface area contributed by atoms with Gasteiger partial charge in [-0.2, -0.15) is 0 Å². The van der Waals surface area contributed by atoms with Crippen LogP contribution < -0.4 is 0 Å². The number of methoxy groups -OCH3 is 1. The van der Waals surface area contributed by atoms with E-state index in [2.05, 4.69) is 31.0 Å². The number of fused-ring (bicyclic) bond motifs is 1. The zero-order valence-corrected chi connectivity index (χ0v) is 19.8. The van der Waals surface area contributed by atoms with Crippen molar-refractivity contribution in [2.75, 3.05) is 7.11 Å². The van der Waals surface area contributed by atoms with Crippen LogP contribution in [0.1, 0.15) is 38.3 Å². The number of hydrogen-bond donors (Lipinski definition) is 1. The van der Waals surface area contributed by atoms with Crippen LogP contribution in [0.5, 0.6) is 5.75 Å². The third-order valence-electron chi connectivity index (χ3n) is 5.60. The SMILES string of the molecule is COC(=O)CCc1ccc(-c2cccc(C(C)(C)C)c2O)c(-n2nc3ccc(Cl)cc3n2)c1. The van der Waals surface area contributed by atoms with Gasteiger partial charge in [-0.25, -0.2) is 0 Å². The minimum absolute atomic E-state index is 0.226. The van der Waals surface area contributed by atoms with Crippen molar-refractivity contribution < 1.29 is 14.6 Å². The summed E-state index contributed by atoms with van der Waals surface area (Å²) in [5.41, 5.74) is 5.11. The van der Waals surface area contributed by atoms with Crippen molar-refractivity contribution in [2.24, 2.45) is 0 Å². The molecule has 1 aromatic heterocycles. The van der Waals surface area contributed by atoms with Crippen LogP contribution in [0.15, 0.2) is 54.6 Å². The number of nitrogens with zero attached hydrogens (tertiary/aromatic N) is 3. The molecule has 33 heavy (non-hydrogen) atoms. The standard InChI is InChI=1S/C26H26ClN3O3/c1-26(2,3)20-7-5-6-19(25(20)32)18-11-8-16(9-13-24(31)33-4)14-23(18)30-28-21-12-10-17(27)15-22(21)29-30/h5-8,10-12,14-15,32H,9,13H2,1-4H3. The summed E-state index contributed by atoms with van der Waals surface area (Å²) in [6, 6.07) is 17.0. The molecule has 0 amide bonds. The van der Waals surface area contributed by atoms with Crippen LogP contribution in [0.4, 0.5) is 0 Å². The van der Waals surface area contributed by atoms with E-state index in [4.69, 9.17) is 16.3 Å². The van der Waals surface area contributed by atoms with E-state index in [0.29, 0.717) is 33.7 Å². The predicted molar refractivity (Wildman–Crippen MR) is 130 cm³/mol. The number of phenols is 1. The van der Waals surface area contributed by atoms with Crippen molar-refractivity contribution in [3.63, 3.8) is 0 Å². The van der Waals surface area contributed by atoms with Crippen LogP contribution >= 0.6 is 11.6 Å². The number of hydrogen-bond acceptors (Lipinski definition) is 5. The second kappa shape index (κ2) is 8.87. The number of halogens is 1. The van der Waals surface area contributed by atoms with Crippen molar-refractivity contribution in [2.45, 2.75) is 39.0 Å². The maximum atomic E-state index is 11.7. The Morgan fingerprint density at radius 1 is 1.03 bits per heavy atom. The lowest BCUT2D eigenvalue weighted by molar-refractivity contribution is -0.140. The minimum Gasteiger partial charge on any atom is -0.507 e. The largest absolute Gasteiger partial charge is 0.507 e. The van der Waals surface area contributed by atoms with E-state index < -0.39 is 0 Å². The monoisotopic (exact) mass is 463 g/mol. The number of carbonyl (C=O) groups is 1. The third-order valence-corrected chi connectivity index (χ3v) is 5.83. The number of esters is 1. The Kier molecular flexibility index (Phi) is 6.13. The molecular weight excluding hydrogens is 438 g/mol. The van der Waals surface area contributed by atoms with Gasteiger partial charge in [0, 0.05) is 22.6 Å². The molecule has 0 aliphatic carbocycles. The fourth-order valence-electron chi connectivity index (χ4n) is 3.84. The topological polar surface area (TPSA) is 77.2 Å². The molecule has 4 rings (SSSR count). The summed E-state index contributed by atoms with van der Waals surface area (Å²) in [5, 5.41) is 21.0. The molecule has 7 heteroatoms. The summed E-state index contributed by atoms with van der Waals surface area (Å²) in [5.74, 6) is -0.0398. The fraction of sp³-hybridized carbons (Fsp3) is 0.269. The molecule has 0 aliphatic heterocycles. The molecule has 0 spiro atoms. The number of aromatic nitrogens is 3. The zero-order chi connectivity index (χ0) is 23.8. The molecular formula is C26H26ClN3O3. The summed E-state index contributed by atoms with van der Waals surface area (Å²) in [6.07, 6.45) is 0.782. The number of carbonyl (C=O) groups excluding carboxylic acids is 1. The molecule has 1 heterocycles. The molecule has 0 bridgehead atoms. The molecule has 0 atom stereocenters. The molecule has 1 N–H and O–H groups in total. The Labute approximate surface area is 197 Å². The predicted octanol–water partition coefficient (Wildman–Crippen LogP) is 5.85. The first-order valence-electron chi connectivity index (χ1n) is 10.7. The first kappa shape index (κ1) is 22.8. The van der Waals surface area contributed by atoms with Crippen molar-refractivity contribution >= 4 is 28.6 Å². The molecule has 0 unspecified atom stereocenters. The third kappa shape index (κ3) is 4.71. The van der Waals surface area contributed by atoms with Gasteiger partial charge in [0.15, 0.2) is 0 Å². The Bertz CT molecular complexity index is 1340. The van der Waals surface area contributed by atoms with Crippen LogP contribution in [0.2, 0.25) is 5.02 Å². The lowest BCUT2D eigenvalue weighted by atomic mass is 9.84. The molecule has 170 valence electrons. The second-order valence-electron chi connectivity index (χ2n) is 9.00. The minimum atomic E-state index is -0.270. The maximum Gasteiger partial charge on any atom is 0.305 e. The smallest absolute Gasteiger partial charge is 0.305 e. The highest BCUT2D eigenvalue weighted by Gasteiger charge is 2.22. The summed E-state index contributed by atoms with van der Waals surface area (Å²) < 4.78 is 4.78. The molecule has 0 saturated heterocycles. The van der Waals surface area contributed by atoms with E-state index in [-0.39, 0.29) is 23.6 Å². The number of para-hydroxylation sites is 1. The van der Waals surface area contributed by atoms with Crippen LogP contribution in [0, 0.1) is 0 Å². The van der Waals surface area contributed by atoms with Gasteiger partial charge in [-0.15, -0.1) is 15.0 Å². The van der Waals surface area contributed by atoms with Gasteiger partial charge in [0.05, 0.1) is 12.8 Å². The van der Waals surface area contributed by atoms with E-state index in [0.717, 1.165) is 16.7 Å². The Balaban J connectivity index is 1.89. The Morgan fingerprint density at radius 3 is 2.52 bits per heavy atom. The average molecular weight is 464 g/mol. The number of ether oxygens (including phenoxy) is 1. The van der Waals surface area contributed by atoms with Crippen LogP contribution in [-0.2, 0) is 21.4 Å². The van der Waals surface area contributed by atoms with Crippen LogP contribution in [0.25, 0.3) is 27.8 Å². The first-order chi connectivity index (χ1) is 15.7. The fourth-order valence-corrected chi connectivity index (χ4v) is 4.00. The van der Waals surface area contributed by atoms with E-state index >= 15 is 0 Å². The Hall–Kier alpha value is -3.38. The van der Waals surface area contributed by atoms with Gasteiger partial charge < -0.3 is 9.84 Å². The van der Waals surface area contributed by atoms with Gasteiger partial charge in [-0.05, 0) is 47.2 Å². The molecule has 3 aromatic carbocycles. The first-order valence-corrected chi connectivity index (χ1v) is 11.1. The van der Waals surface area contributed by atoms with E-state index in [1.807, 2.05) is 42.5 Å². The molecule has 0 saturated carbocycles. The van der Waals surface area contributed by atoms with Crippen molar-refractivity contribution in [3.05, 3.63) is 70.7 Å². The van der Waals surface area contributed by atoms with Gasteiger partial charge in [0.25, 0.3) is 0 Å². The van der Waals surface area contributed by atoms with E-state index in [1.165, 1.54) is 7.11 Å². The summed E-state index contributed by atoms with van der Waals surface area (Å²) in [7, 11) is 1.38. The van der Waals surface area contributed by atoms with Crippen molar-refractivity contribution in [1.82, 2.24) is 15.0 Å². The number of aromatic hydroxyl groups is 1. The van der Waals surface area contributed by atoms with Gasteiger partial charge in [-0.3, -0.25) is 4.79 Å². The number of benzene rings is 3. The maximum absolute atomic E-state index is 11.7. The average Bonchev–Trinajstić information content (AvgIpc) is 3.20. The number of rotatable bonds is 5.